The van der Waals surface area contributed by atoms with Crippen LogP contribution in [0.5, 0.6) is 11.5 Å². The zero-order valence-electron chi connectivity index (χ0n) is 25.2. The topological polar surface area (TPSA) is 107 Å². The predicted molar refractivity (Wildman–Crippen MR) is 171 cm³/mol. The number of nitrogens with one attached hydrogen (secondary N) is 2. The van der Waals surface area contributed by atoms with Crippen LogP contribution in [0.25, 0.3) is 0 Å². The van der Waals surface area contributed by atoms with Crippen molar-refractivity contribution in [2.75, 3.05) is 46.4 Å². The van der Waals surface area contributed by atoms with Crippen molar-refractivity contribution in [3.05, 3.63) is 93.5 Å². The van der Waals surface area contributed by atoms with E-state index in [0.717, 1.165) is 11.1 Å². The number of hydrogen-bond donors (Lipinski definition) is 4. The predicted octanol–water partition coefficient (Wildman–Crippen LogP) is 4.11. The molecule has 9 nitrogen and oxygen atoms in total. The minimum atomic E-state index is -1.38. The Hall–Kier alpha value is -2.89. The van der Waals surface area contributed by atoms with E-state index in [1.165, 1.54) is 0 Å². The fourth-order valence-corrected chi connectivity index (χ4v) is 6.23. The Labute approximate surface area is 268 Å². The Morgan fingerprint density at radius 2 is 1.48 bits per heavy atom. The van der Waals surface area contributed by atoms with Crippen LogP contribution in [0.4, 0.5) is 0 Å². The first-order chi connectivity index (χ1) is 21.1. The van der Waals surface area contributed by atoms with Crippen molar-refractivity contribution in [3.63, 3.8) is 0 Å². The molecule has 44 heavy (non-hydrogen) atoms. The lowest BCUT2D eigenvalue weighted by Gasteiger charge is -2.41. The van der Waals surface area contributed by atoms with Crippen LogP contribution >= 0.6 is 23.2 Å². The number of carbonyl (C=O) groups is 1. The van der Waals surface area contributed by atoms with Gasteiger partial charge in [-0.05, 0) is 61.4 Å². The van der Waals surface area contributed by atoms with Gasteiger partial charge in [-0.3, -0.25) is 20.3 Å². The highest BCUT2D eigenvalue weighted by atomic mass is 35.5. The van der Waals surface area contributed by atoms with E-state index in [-0.39, 0.29) is 30.7 Å². The van der Waals surface area contributed by atoms with Gasteiger partial charge in [-0.1, -0.05) is 47.5 Å². The summed E-state index contributed by atoms with van der Waals surface area (Å²) in [6, 6.07) is 20.1. The summed E-state index contributed by atoms with van der Waals surface area (Å²) in [6.07, 6.45) is -0.980. The van der Waals surface area contributed by atoms with Gasteiger partial charge in [0.25, 0.3) is 5.91 Å². The molecule has 2 aliphatic heterocycles. The fraction of sp³-hybridized carbons (Fsp3) is 0.424. The lowest BCUT2D eigenvalue weighted by molar-refractivity contribution is -0.141. The Bertz CT molecular complexity index is 1360. The monoisotopic (exact) mass is 642 g/mol. The quantitative estimate of drug-likeness (QED) is 0.262. The molecule has 236 valence electrons. The van der Waals surface area contributed by atoms with Crippen LogP contribution in [-0.2, 0) is 10.5 Å². The lowest BCUT2D eigenvalue weighted by atomic mass is 9.95. The van der Waals surface area contributed by atoms with Gasteiger partial charge in [-0.2, -0.15) is 0 Å². The Morgan fingerprint density at radius 3 is 1.95 bits per heavy atom. The molecule has 2 heterocycles. The number of benzene rings is 3. The lowest BCUT2D eigenvalue weighted by Crippen LogP contribution is -2.62. The molecule has 0 bridgehead atoms. The maximum atomic E-state index is 14.9. The number of aliphatic hydroxyl groups is 2. The second kappa shape index (κ2) is 14.0. The van der Waals surface area contributed by atoms with Gasteiger partial charge >= 0.3 is 0 Å². The van der Waals surface area contributed by atoms with Gasteiger partial charge in [0.1, 0.15) is 11.5 Å². The number of β-amino-alcohol motifs (C(OH)–C–C–N with tert-alkyl or cyclic N) is 1. The second-order valence-corrected chi connectivity index (χ2v) is 12.4. The van der Waals surface area contributed by atoms with Gasteiger partial charge in [-0.15, -0.1) is 0 Å². The summed E-state index contributed by atoms with van der Waals surface area (Å²) in [7, 11) is 1.60. The van der Waals surface area contributed by atoms with Gasteiger partial charge in [0.2, 0.25) is 0 Å². The van der Waals surface area contributed by atoms with Gasteiger partial charge in [0.15, 0.2) is 5.66 Å². The number of nitrogens with zero attached hydrogens (tertiary/aromatic N) is 2. The first-order valence-electron chi connectivity index (χ1n) is 14.9. The second-order valence-electron chi connectivity index (χ2n) is 11.6. The summed E-state index contributed by atoms with van der Waals surface area (Å²) in [5.74, 6) is 1.00. The molecule has 3 atom stereocenters. The van der Waals surface area contributed by atoms with E-state index in [1.807, 2.05) is 85.5 Å². The van der Waals surface area contributed by atoms with Gasteiger partial charge in [-0.25, -0.2) is 0 Å². The maximum absolute atomic E-state index is 14.9. The third-order valence-electron chi connectivity index (χ3n) is 8.15. The van der Waals surface area contributed by atoms with E-state index in [0.29, 0.717) is 59.8 Å². The van der Waals surface area contributed by atoms with Crippen molar-refractivity contribution in [2.45, 2.75) is 43.8 Å². The summed E-state index contributed by atoms with van der Waals surface area (Å²) >= 11 is 12.5. The van der Waals surface area contributed by atoms with Gasteiger partial charge in [0.05, 0.1) is 38.0 Å². The molecule has 1 amide bonds. The molecular formula is C33H40Cl2N4O5. The number of rotatable bonds is 10. The van der Waals surface area contributed by atoms with E-state index < -0.39 is 11.8 Å². The standard InChI is InChI=1S/C33H40Cl2N4O5/c1-21(2)44-29-18-27(43-3)12-13-28(29)33(32(42)39-16-14-38(15-17-39)19-26(41)20-40)36-30(22-4-8-24(34)9-5-22)31(37-33)23-6-10-25(35)11-7-23/h4-13,18,21,26,30-31,36-37,40-41H,14-17,19-20H2,1-3H3. The first-order valence-corrected chi connectivity index (χ1v) is 15.6. The molecule has 3 aromatic rings. The summed E-state index contributed by atoms with van der Waals surface area (Å²) < 4.78 is 11.9. The molecule has 3 aromatic carbocycles. The smallest absolute Gasteiger partial charge is 0.262 e. The molecular weight excluding hydrogens is 603 g/mol. The minimum Gasteiger partial charge on any atom is -0.497 e. The first kappa shape index (κ1) is 32.5. The third kappa shape index (κ3) is 7.00. The average Bonchev–Trinajstić information content (AvgIpc) is 3.43. The number of piperazine rings is 1. The zero-order chi connectivity index (χ0) is 31.4. The van der Waals surface area contributed by atoms with Gasteiger partial charge < -0.3 is 24.6 Å². The van der Waals surface area contributed by atoms with Crippen molar-refractivity contribution in [1.82, 2.24) is 20.4 Å². The van der Waals surface area contributed by atoms with E-state index >= 15 is 0 Å². The van der Waals surface area contributed by atoms with Crippen LogP contribution in [0.2, 0.25) is 10.0 Å². The van der Waals surface area contributed by atoms with Crippen LogP contribution in [-0.4, -0.2) is 84.6 Å². The van der Waals surface area contributed by atoms with E-state index in [1.54, 1.807) is 7.11 Å². The van der Waals surface area contributed by atoms with Crippen LogP contribution in [0.15, 0.2) is 66.7 Å². The van der Waals surface area contributed by atoms with Crippen molar-refractivity contribution in [2.24, 2.45) is 0 Å². The largest absolute Gasteiger partial charge is 0.497 e. The van der Waals surface area contributed by atoms with Crippen molar-refractivity contribution >= 4 is 29.1 Å². The molecule has 0 saturated carbocycles. The molecule has 3 unspecified atom stereocenters. The third-order valence-corrected chi connectivity index (χ3v) is 8.66. The van der Waals surface area contributed by atoms with Crippen LogP contribution in [0, 0.1) is 0 Å². The molecule has 0 aromatic heterocycles. The molecule has 0 radical (unpaired) electrons. The Balaban J connectivity index is 1.61. The number of ether oxygens (including phenoxy) is 2. The van der Waals surface area contributed by atoms with Crippen LogP contribution in [0.1, 0.15) is 42.6 Å². The molecule has 11 heteroatoms. The summed E-state index contributed by atoms with van der Waals surface area (Å²) in [6.45, 7) is 5.98. The average molecular weight is 644 g/mol. The number of halogens is 2. The molecule has 0 aliphatic carbocycles. The van der Waals surface area contributed by atoms with E-state index in [4.69, 9.17) is 32.7 Å². The molecule has 5 rings (SSSR count). The number of carbonyl (C=O) groups excluding carboxylic acids is 1. The molecule has 2 aliphatic rings. The number of aliphatic hydroxyl groups excluding tert-OH is 2. The normalized spacial score (nSPS) is 23.1. The van der Waals surface area contributed by atoms with Crippen molar-refractivity contribution < 1.29 is 24.5 Å². The number of methoxy groups -OCH3 is 1. The maximum Gasteiger partial charge on any atom is 0.262 e. The van der Waals surface area contributed by atoms with Crippen molar-refractivity contribution in [1.29, 1.82) is 0 Å². The molecule has 2 saturated heterocycles. The minimum absolute atomic E-state index is 0.144. The van der Waals surface area contributed by atoms with Crippen LogP contribution in [0.3, 0.4) is 0 Å². The summed E-state index contributed by atoms with van der Waals surface area (Å²) in [5.41, 5.74) is 1.18. The highest BCUT2D eigenvalue weighted by Gasteiger charge is 2.54. The Kier molecular flexibility index (Phi) is 10.4. The van der Waals surface area contributed by atoms with E-state index in [2.05, 4.69) is 15.5 Å². The number of amides is 1. The highest BCUT2D eigenvalue weighted by Crippen LogP contribution is 2.45. The molecule has 4 N–H and O–H groups in total. The zero-order valence-corrected chi connectivity index (χ0v) is 26.7. The summed E-state index contributed by atoms with van der Waals surface area (Å²) in [4.78, 5) is 18.8. The molecule has 0 spiro atoms. The summed E-state index contributed by atoms with van der Waals surface area (Å²) in [5, 5.41) is 28.0. The van der Waals surface area contributed by atoms with Crippen LogP contribution < -0.4 is 20.1 Å². The molecule has 2 fully saturated rings. The number of hydrogen-bond acceptors (Lipinski definition) is 8. The van der Waals surface area contributed by atoms with Gasteiger partial charge in [0, 0.05) is 54.4 Å². The Morgan fingerprint density at radius 1 is 0.932 bits per heavy atom. The van der Waals surface area contributed by atoms with E-state index in [9.17, 15) is 15.0 Å². The SMILES string of the molecule is COc1ccc(C2(C(=O)N3CCN(CC(O)CO)CC3)NC(c3ccc(Cl)cc3)C(c3ccc(Cl)cc3)N2)c(OC(C)C)c1. The van der Waals surface area contributed by atoms with Crippen molar-refractivity contribution in [3.8, 4) is 11.5 Å². The fourth-order valence-electron chi connectivity index (χ4n) is 5.98. The highest BCUT2D eigenvalue weighted by molar-refractivity contribution is 6.30.